The van der Waals surface area contributed by atoms with Crippen LogP contribution in [0.1, 0.15) is 44.9 Å². The van der Waals surface area contributed by atoms with Crippen molar-refractivity contribution >= 4 is 23.4 Å². The number of ether oxygens (including phenoxy) is 3. The third-order valence-corrected chi connectivity index (χ3v) is 6.48. The van der Waals surface area contributed by atoms with Gasteiger partial charge in [0.1, 0.15) is 0 Å². The Bertz CT molecular complexity index is 1440. The molecular weight excluding hydrogens is 464 g/mol. The zero-order valence-corrected chi connectivity index (χ0v) is 21.1. The number of aromatic nitrogens is 1. The first kappa shape index (κ1) is 24.5. The molecule has 0 spiro atoms. The van der Waals surface area contributed by atoms with E-state index in [-0.39, 0.29) is 12.2 Å². The van der Waals surface area contributed by atoms with Gasteiger partial charge in [0.2, 0.25) is 0 Å². The summed E-state index contributed by atoms with van der Waals surface area (Å²) in [4.78, 5) is 31.9. The lowest BCUT2D eigenvalue weighted by Crippen LogP contribution is -2.40. The van der Waals surface area contributed by atoms with Gasteiger partial charge in [0.15, 0.2) is 16.3 Å². The minimum Gasteiger partial charge on any atom is -0.490 e. The van der Waals surface area contributed by atoms with Gasteiger partial charge in [-0.15, -0.1) is 0 Å². The molecule has 0 N–H and O–H groups in total. The molecule has 8 heteroatoms. The fraction of sp³-hybridized carbons (Fsp3) is 0.296. The van der Waals surface area contributed by atoms with Gasteiger partial charge in [-0.25, -0.2) is 9.79 Å². The van der Waals surface area contributed by atoms with Crippen LogP contribution in [0.2, 0.25) is 0 Å². The molecule has 0 radical (unpaired) electrons. The van der Waals surface area contributed by atoms with Crippen molar-refractivity contribution in [1.82, 2.24) is 4.57 Å². The molecule has 0 bridgehead atoms. The fourth-order valence-electron chi connectivity index (χ4n) is 4.05. The second kappa shape index (κ2) is 10.7. The van der Waals surface area contributed by atoms with Crippen molar-refractivity contribution in [1.29, 1.82) is 0 Å². The summed E-state index contributed by atoms with van der Waals surface area (Å²) in [6.07, 6.45) is 1.84. The van der Waals surface area contributed by atoms with Crippen LogP contribution in [0.25, 0.3) is 6.08 Å². The van der Waals surface area contributed by atoms with Crippen molar-refractivity contribution in [2.24, 2.45) is 4.99 Å². The number of hydrogen-bond acceptors (Lipinski definition) is 7. The Labute approximate surface area is 207 Å². The smallest absolute Gasteiger partial charge is 0.338 e. The third kappa shape index (κ3) is 4.93. The lowest BCUT2D eigenvalue weighted by atomic mass is 9.95. The SMILES string of the molecule is CCOC(=O)C1=C(C)N=c2s/c(=C\c3ccccc3)c(=O)n2C1c1ccc(OCC)c(OCC)c1. The first-order chi connectivity index (χ1) is 17.0. The molecule has 2 heterocycles. The quantitative estimate of drug-likeness (QED) is 0.449. The molecule has 1 aromatic heterocycles. The number of hydrogen-bond donors (Lipinski definition) is 0. The summed E-state index contributed by atoms with van der Waals surface area (Å²) in [5.41, 5.74) is 2.26. The lowest BCUT2D eigenvalue weighted by Gasteiger charge is -2.25. The van der Waals surface area contributed by atoms with Crippen LogP contribution < -0.4 is 24.4 Å². The summed E-state index contributed by atoms with van der Waals surface area (Å²) in [6.45, 7) is 8.47. The van der Waals surface area contributed by atoms with Gasteiger partial charge in [-0.2, -0.15) is 0 Å². The molecule has 1 unspecified atom stereocenters. The maximum Gasteiger partial charge on any atom is 0.338 e. The van der Waals surface area contributed by atoms with Crippen LogP contribution in [0.5, 0.6) is 11.5 Å². The van der Waals surface area contributed by atoms with Crippen LogP contribution in [0.4, 0.5) is 0 Å². The minimum atomic E-state index is -0.710. The Balaban J connectivity index is 1.95. The molecule has 2 aromatic carbocycles. The van der Waals surface area contributed by atoms with E-state index in [1.807, 2.05) is 68.5 Å². The molecule has 1 aliphatic heterocycles. The number of nitrogens with zero attached hydrogens (tertiary/aromatic N) is 2. The number of esters is 1. The van der Waals surface area contributed by atoms with Crippen molar-refractivity contribution in [3.8, 4) is 11.5 Å². The minimum absolute atomic E-state index is 0.217. The number of fused-ring (bicyclic) bond motifs is 1. The number of carbonyl (C=O) groups is 1. The van der Waals surface area contributed by atoms with Crippen LogP contribution >= 0.6 is 11.3 Å². The van der Waals surface area contributed by atoms with Crippen molar-refractivity contribution in [3.63, 3.8) is 0 Å². The Hall–Kier alpha value is -3.65. The summed E-state index contributed by atoms with van der Waals surface area (Å²) < 4.78 is 19.0. The Morgan fingerprint density at radius 1 is 1.03 bits per heavy atom. The second-order valence-electron chi connectivity index (χ2n) is 7.79. The second-order valence-corrected chi connectivity index (χ2v) is 8.79. The van der Waals surface area contributed by atoms with Gasteiger partial charge in [0, 0.05) is 0 Å². The summed E-state index contributed by atoms with van der Waals surface area (Å²) in [6, 6.07) is 14.4. The van der Waals surface area contributed by atoms with Gasteiger partial charge in [-0.05, 0) is 57.0 Å². The summed E-state index contributed by atoms with van der Waals surface area (Å²) in [5.74, 6) is 0.659. The van der Waals surface area contributed by atoms with Crippen LogP contribution in [0.3, 0.4) is 0 Å². The Morgan fingerprint density at radius 2 is 1.74 bits per heavy atom. The van der Waals surface area contributed by atoms with E-state index in [0.717, 1.165) is 5.56 Å². The molecule has 1 atom stereocenters. The number of thiazole rings is 1. The van der Waals surface area contributed by atoms with Gasteiger partial charge < -0.3 is 14.2 Å². The van der Waals surface area contributed by atoms with E-state index >= 15 is 0 Å². The van der Waals surface area contributed by atoms with E-state index in [1.54, 1.807) is 18.4 Å². The maximum absolute atomic E-state index is 13.7. The van der Waals surface area contributed by atoms with Crippen LogP contribution in [0, 0.1) is 0 Å². The molecule has 0 fully saturated rings. The van der Waals surface area contributed by atoms with Crippen molar-refractivity contribution in [2.75, 3.05) is 19.8 Å². The van der Waals surface area contributed by atoms with E-state index in [0.29, 0.717) is 50.9 Å². The third-order valence-electron chi connectivity index (χ3n) is 5.50. The van der Waals surface area contributed by atoms with Crippen LogP contribution in [-0.2, 0) is 9.53 Å². The highest BCUT2D eigenvalue weighted by atomic mass is 32.1. The molecule has 0 amide bonds. The molecule has 1 aliphatic rings. The highest BCUT2D eigenvalue weighted by Gasteiger charge is 2.34. The van der Waals surface area contributed by atoms with E-state index in [2.05, 4.69) is 4.99 Å². The monoisotopic (exact) mass is 492 g/mol. The fourth-order valence-corrected chi connectivity index (χ4v) is 5.09. The number of allylic oxidation sites excluding steroid dienone is 1. The van der Waals surface area contributed by atoms with E-state index < -0.39 is 12.0 Å². The van der Waals surface area contributed by atoms with Crippen molar-refractivity contribution < 1.29 is 19.0 Å². The average molecular weight is 493 g/mol. The average Bonchev–Trinajstić information content (AvgIpc) is 3.14. The molecule has 0 saturated heterocycles. The van der Waals surface area contributed by atoms with Crippen LogP contribution in [0.15, 0.2) is 69.6 Å². The predicted molar refractivity (Wildman–Crippen MR) is 136 cm³/mol. The zero-order chi connectivity index (χ0) is 24.9. The first-order valence-electron chi connectivity index (χ1n) is 11.6. The van der Waals surface area contributed by atoms with Crippen LogP contribution in [-0.4, -0.2) is 30.4 Å². The van der Waals surface area contributed by atoms with Gasteiger partial charge in [0.05, 0.1) is 41.7 Å². The van der Waals surface area contributed by atoms with Gasteiger partial charge in [-0.1, -0.05) is 47.7 Å². The van der Waals surface area contributed by atoms with Gasteiger partial charge in [0.25, 0.3) is 5.56 Å². The summed E-state index contributed by atoms with van der Waals surface area (Å²) >= 11 is 1.30. The predicted octanol–water partition coefficient (Wildman–Crippen LogP) is 3.60. The molecule has 0 saturated carbocycles. The number of carbonyl (C=O) groups excluding carboxylic acids is 1. The molecule has 3 aromatic rings. The number of benzene rings is 2. The topological polar surface area (TPSA) is 79.1 Å². The van der Waals surface area contributed by atoms with E-state index in [1.165, 1.54) is 11.3 Å². The van der Waals surface area contributed by atoms with E-state index in [9.17, 15) is 9.59 Å². The first-order valence-corrected chi connectivity index (χ1v) is 12.4. The maximum atomic E-state index is 13.7. The standard InChI is InChI=1S/C27H28N2O5S/c1-5-32-20-14-13-19(16-21(20)33-6-2)24-23(26(31)34-7-3)17(4)28-27-29(24)25(30)22(35-27)15-18-11-9-8-10-12-18/h8-16,24H,5-7H2,1-4H3/b22-15-. The molecule has 0 aliphatic carbocycles. The van der Waals surface area contributed by atoms with Crippen molar-refractivity contribution in [3.05, 3.63) is 90.6 Å². The molecular formula is C27H28N2O5S. The van der Waals surface area contributed by atoms with Crippen molar-refractivity contribution in [2.45, 2.75) is 33.7 Å². The Kier molecular flexibility index (Phi) is 7.51. The normalized spacial score (nSPS) is 15.4. The van der Waals surface area contributed by atoms with Gasteiger partial charge in [-0.3, -0.25) is 9.36 Å². The molecule has 182 valence electrons. The largest absolute Gasteiger partial charge is 0.490 e. The highest BCUT2D eigenvalue weighted by Crippen LogP contribution is 2.36. The highest BCUT2D eigenvalue weighted by molar-refractivity contribution is 7.07. The zero-order valence-electron chi connectivity index (χ0n) is 20.2. The molecule has 4 rings (SSSR count). The molecule has 7 nitrogen and oxygen atoms in total. The molecule has 35 heavy (non-hydrogen) atoms. The Morgan fingerprint density at radius 3 is 2.43 bits per heavy atom. The lowest BCUT2D eigenvalue weighted by molar-refractivity contribution is -0.139. The summed E-state index contributed by atoms with van der Waals surface area (Å²) in [5, 5.41) is 0. The number of rotatable bonds is 8. The van der Waals surface area contributed by atoms with E-state index in [4.69, 9.17) is 14.2 Å². The summed E-state index contributed by atoms with van der Waals surface area (Å²) in [7, 11) is 0. The van der Waals surface area contributed by atoms with Gasteiger partial charge >= 0.3 is 5.97 Å².